The molecule has 0 radical (unpaired) electrons. The van der Waals surface area contributed by atoms with E-state index in [1.54, 1.807) is 48.5 Å². The second-order valence-electron chi connectivity index (χ2n) is 4.63. The van der Waals surface area contributed by atoms with E-state index in [2.05, 4.69) is 5.32 Å². The molecule has 0 atom stereocenters. The van der Waals surface area contributed by atoms with Crippen molar-refractivity contribution in [3.63, 3.8) is 0 Å². The summed E-state index contributed by atoms with van der Waals surface area (Å²) < 4.78 is 5.41. The van der Waals surface area contributed by atoms with Gasteiger partial charge >= 0.3 is 0 Å². The first-order valence-corrected chi connectivity index (χ1v) is 6.82. The van der Waals surface area contributed by atoms with Gasteiger partial charge in [0.1, 0.15) is 11.3 Å². The third-order valence-corrected chi connectivity index (χ3v) is 3.42. The van der Waals surface area contributed by atoms with Crippen LogP contribution in [0, 0.1) is 0 Å². The van der Waals surface area contributed by atoms with Gasteiger partial charge in [0.2, 0.25) is 5.76 Å². The first kappa shape index (κ1) is 14.2. The second-order valence-corrected chi connectivity index (χ2v) is 5.06. The molecule has 3 rings (SSSR count). The van der Waals surface area contributed by atoms with Crippen LogP contribution >= 0.6 is 11.6 Å². The van der Waals surface area contributed by atoms with E-state index in [1.807, 2.05) is 0 Å². The highest BCUT2D eigenvalue weighted by atomic mass is 35.5. The van der Waals surface area contributed by atoms with Gasteiger partial charge in [-0.25, -0.2) is 0 Å². The minimum absolute atomic E-state index is 0.0801. The van der Waals surface area contributed by atoms with Crippen LogP contribution < -0.4 is 11.1 Å². The van der Waals surface area contributed by atoms with Crippen molar-refractivity contribution in [1.82, 2.24) is 0 Å². The fraction of sp³-hybridized carbons (Fsp3) is 0. The maximum atomic E-state index is 12.3. The van der Waals surface area contributed by atoms with Gasteiger partial charge in [0, 0.05) is 16.0 Å². The van der Waals surface area contributed by atoms with Crippen LogP contribution in [-0.4, -0.2) is 11.8 Å². The standard InChI is InChI=1S/C16H11ClN2O3/c17-10-7-5-9(6-8-10)16(21)19-13-11-3-1-2-4-12(11)22-14(13)15(18)20/h1-8H,(H2,18,20)(H,19,21). The predicted octanol–water partition coefficient (Wildman–Crippen LogP) is 3.44. The quantitative estimate of drug-likeness (QED) is 0.776. The SMILES string of the molecule is NC(=O)c1oc2ccccc2c1NC(=O)c1ccc(Cl)cc1. The molecule has 0 unspecified atom stereocenters. The average Bonchev–Trinajstić information content (AvgIpc) is 2.87. The fourth-order valence-electron chi connectivity index (χ4n) is 2.13. The summed E-state index contributed by atoms with van der Waals surface area (Å²) in [5.74, 6) is -1.21. The van der Waals surface area contributed by atoms with Gasteiger partial charge in [0.15, 0.2) is 0 Å². The maximum absolute atomic E-state index is 12.3. The topological polar surface area (TPSA) is 85.3 Å². The van der Waals surface area contributed by atoms with Gasteiger partial charge in [0.05, 0.1) is 0 Å². The lowest BCUT2D eigenvalue weighted by atomic mass is 10.2. The lowest BCUT2D eigenvalue weighted by Gasteiger charge is -2.05. The molecular formula is C16H11ClN2O3. The van der Waals surface area contributed by atoms with E-state index in [4.69, 9.17) is 21.8 Å². The highest BCUT2D eigenvalue weighted by Gasteiger charge is 2.20. The number of primary amides is 1. The van der Waals surface area contributed by atoms with E-state index >= 15 is 0 Å². The number of furan rings is 1. The van der Waals surface area contributed by atoms with Crippen LogP contribution in [0.1, 0.15) is 20.9 Å². The molecule has 1 aromatic heterocycles. The van der Waals surface area contributed by atoms with Crippen molar-refractivity contribution in [1.29, 1.82) is 0 Å². The minimum atomic E-state index is -0.748. The summed E-state index contributed by atoms with van der Waals surface area (Å²) in [4.78, 5) is 23.8. The Morgan fingerprint density at radius 2 is 1.73 bits per heavy atom. The number of nitrogens with one attached hydrogen (secondary N) is 1. The van der Waals surface area contributed by atoms with Crippen LogP contribution in [0.15, 0.2) is 52.9 Å². The molecular weight excluding hydrogens is 304 g/mol. The summed E-state index contributed by atoms with van der Waals surface area (Å²) >= 11 is 5.80. The Morgan fingerprint density at radius 3 is 2.41 bits per heavy atom. The van der Waals surface area contributed by atoms with E-state index in [-0.39, 0.29) is 17.4 Å². The van der Waals surface area contributed by atoms with Crippen LogP contribution in [-0.2, 0) is 0 Å². The van der Waals surface area contributed by atoms with Gasteiger partial charge in [-0.1, -0.05) is 23.7 Å². The van der Waals surface area contributed by atoms with Crippen LogP contribution in [0.3, 0.4) is 0 Å². The number of rotatable bonds is 3. The Bertz CT molecular complexity index is 869. The fourth-order valence-corrected chi connectivity index (χ4v) is 2.26. The first-order chi connectivity index (χ1) is 10.6. The van der Waals surface area contributed by atoms with Crippen molar-refractivity contribution in [3.8, 4) is 0 Å². The molecule has 5 nitrogen and oxygen atoms in total. The number of para-hydroxylation sites is 1. The van der Waals surface area contributed by atoms with Crippen molar-refractivity contribution >= 4 is 40.1 Å². The lowest BCUT2D eigenvalue weighted by Crippen LogP contribution is -2.17. The van der Waals surface area contributed by atoms with E-state index in [9.17, 15) is 9.59 Å². The van der Waals surface area contributed by atoms with Gasteiger partial charge in [-0.05, 0) is 36.4 Å². The minimum Gasteiger partial charge on any atom is -0.449 e. The van der Waals surface area contributed by atoms with Crippen LogP contribution in [0.5, 0.6) is 0 Å². The zero-order chi connectivity index (χ0) is 15.7. The summed E-state index contributed by atoms with van der Waals surface area (Å²) in [6, 6.07) is 13.4. The van der Waals surface area contributed by atoms with Crippen LogP contribution in [0.2, 0.25) is 5.02 Å². The van der Waals surface area contributed by atoms with Gasteiger partial charge in [-0.2, -0.15) is 0 Å². The average molecular weight is 315 g/mol. The second kappa shape index (κ2) is 5.54. The van der Waals surface area contributed by atoms with Crippen molar-refractivity contribution < 1.29 is 14.0 Å². The molecule has 1 heterocycles. The Morgan fingerprint density at radius 1 is 1.05 bits per heavy atom. The van der Waals surface area contributed by atoms with Gasteiger partial charge < -0.3 is 15.5 Å². The zero-order valence-corrected chi connectivity index (χ0v) is 12.1. The molecule has 0 fully saturated rings. The Hall–Kier alpha value is -2.79. The zero-order valence-electron chi connectivity index (χ0n) is 11.3. The molecule has 110 valence electrons. The van der Waals surface area contributed by atoms with Crippen LogP contribution in [0.25, 0.3) is 11.0 Å². The van der Waals surface area contributed by atoms with E-state index in [1.165, 1.54) is 0 Å². The van der Waals surface area contributed by atoms with Gasteiger partial charge in [-0.15, -0.1) is 0 Å². The maximum Gasteiger partial charge on any atom is 0.286 e. The number of fused-ring (bicyclic) bond motifs is 1. The number of benzene rings is 2. The third-order valence-electron chi connectivity index (χ3n) is 3.16. The van der Waals surface area contributed by atoms with Gasteiger partial charge in [-0.3, -0.25) is 9.59 Å². The number of anilines is 1. The lowest BCUT2D eigenvalue weighted by molar-refractivity contribution is 0.0977. The van der Waals surface area contributed by atoms with Crippen LogP contribution in [0.4, 0.5) is 5.69 Å². The summed E-state index contributed by atoms with van der Waals surface area (Å²) in [5.41, 5.74) is 6.46. The van der Waals surface area contributed by atoms with Crippen molar-refractivity contribution in [2.75, 3.05) is 5.32 Å². The summed E-state index contributed by atoms with van der Waals surface area (Å²) in [7, 11) is 0. The monoisotopic (exact) mass is 314 g/mol. The summed E-state index contributed by atoms with van der Waals surface area (Å²) in [6.45, 7) is 0. The van der Waals surface area contributed by atoms with Crippen molar-refractivity contribution in [3.05, 3.63) is 64.9 Å². The Balaban J connectivity index is 2.02. The number of hydrogen-bond donors (Lipinski definition) is 2. The van der Waals surface area contributed by atoms with Crippen molar-refractivity contribution in [2.45, 2.75) is 0 Å². The smallest absolute Gasteiger partial charge is 0.286 e. The molecule has 0 saturated heterocycles. The molecule has 0 saturated carbocycles. The van der Waals surface area contributed by atoms with E-state index in [0.29, 0.717) is 21.6 Å². The number of hydrogen-bond acceptors (Lipinski definition) is 3. The summed E-state index contributed by atoms with van der Waals surface area (Å²) in [6.07, 6.45) is 0. The Kier molecular flexibility index (Phi) is 3.56. The first-order valence-electron chi connectivity index (χ1n) is 6.44. The number of carbonyl (C=O) groups excluding carboxylic acids is 2. The molecule has 0 spiro atoms. The number of nitrogens with two attached hydrogens (primary N) is 1. The number of carbonyl (C=O) groups is 2. The summed E-state index contributed by atoms with van der Waals surface area (Å²) in [5, 5.41) is 3.81. The third kappa shape index (κ3) is 2.54. The molecule has 0 bridgehead atoms. The van der Waals surface area contributed by atoms with E-state index in [0.717, 1.165) is 0 Å². The molecule has 3 aromatic rings. The molecule has 2 aromatic carbocycles. The highest BCUT2D eigenvalue weighted by Crippen LogP contribution is 2.31. The molecule has 0 aliphatic carbocycles. The molecule has 2 amide bonds. The number of halogens is 1. The molecule has 6 heteroatoms. The normalized spacial score (nSPS) is 10.6. The molecule has 0 aliphatic rings. The number of amides is 2. The molecule has 0 aliphatic heterocycles. The Labute approximate surface area is 130 Å². The van der Waals surface area contributed by atoms with E-state index < -0.39 is 5.91 Å². The van der Waals surface area contributed by atoms with Gasteiger partial charge in [0.25, 0.3) is 11.8 Å². The highest BCUT2D eigenvalue weighted by molar-refractivity contribution is 6.30. The largest absolute Gasteiger partial charge is 0.449 e. The predicted molar refractivity (Wildman–Crippen MR) is 84.1 cm³/mol. The molecule has 3 N–H and O–H groups in total. The molecule has 22 heavy (non-hydrogen) atoms. The van der Waals surface area contributed by atoms with Crippen molar-refractivity contribution in [2.24, 2.45) is 5.73 Å².